The molecule has 118 valence electrons. The maximum absolute atomic E-state index is 6.00. The van der Waals surface area contributed by atoms with Gasteiger partial charge in [0.1, 0.15) is 5.52 Å². The Labute approximate surface area is 145 Å². The van der Waals surface area contributed by atoms with Crippen molar-refractivity contribution in [2.45, 2.75) is 0 Å². The fourth-order valence-corrected chi connectivity index (χ4v) is 3.22. The minimum absolute atomic E-state index is 0.658. The quantitative estimate of drug-likeness (QED) is 0.380. The maximum Gasteiger partial charge on any atom is 0.227 e. The molecule has 1 heterocycles. The van der Waals surface area contributed by atoms with Crippen LogP contribution >= 0.6 is 0 Å². The average Bonchev–Trinajstić information content (AvgIpc) is 3.14. The molecule has 2 nitrogen and oxygen atoms in total. The number of hydrogen-bond acceptors (Lipinski definition) is 2. The molecule has 0 spiro atoms. The monoisotopic (exact) mass is 321 g/mol. The summed E-state index contributed by atoms with van der Waals surface area (Å²) in [5.74, 6) is 0.658. The number of fused-ring (bicyclic) bond motifs is 3. The van der Waals surface area contributed by atoms with Crippen molar-refractivity contribution < 1.29 is 4.42 Å². The zero-order chi connectivity index (χ0) is 16.6. The van der Waals surface area contributed by atoms with Crippen LogP contribution in [0, 0.1) is 0 Å². The second-order valence-electron chi connectivity index (χ2n) is 6.10. The molecular weight excluding hydrogens is 306 g/mol. The fraction of sp³-hybridized carbons (Fsp3) is 0. The van der Waals surface area contributed by atoms with Gasteiger partial charge in [-0.3, -0.25) is 0 Å². The second kappa shape index (κ2) is 5.60. The lowest BCUT2D eigenvalue weighted by Crippen LogP contribution is -1.80. The Kier molecular flexibility index (Phi) is 3.14. The maximum atomic E-state index is 6.00. The van der Waals surface area contributed by atoms with E-state index in [2.05, 4.69) is 66.7 Å². The molecule has 0 N–H and O–H groups in total. The van der Waals surface area contributed by atoms with E-state index in [0.29, 0.717) is 5.89 Å². The summed E-state index contributed by atoms with van der Waals surface area (Å²) in [6.45, 7) is 0. The molecule has 0 aliphatic heterocycles. The lowest BCUT2D eigenvalue weighted by Gasteiger charge is -2.02. The average molecular weight is 321 g/mol. The molecule has 5 aromatic rings. The van der Waals surface area contributed by atoms with Gasteiger partial charge in [0.2, 0.25) is 5.89 Å². The molecule has 2 heteroatoms. The van der Waals surface area contributed by atoms with Crippen molar-refractivity contribution in [3.8, 4) is 22.6 Å². The summed E-state index contributed by atoms with van der Waals surface area (Å²) in [7, 11) is 0. The van der Waals surface area contributed by atoms with Gasteiger partial charge in [0.05, 0.1) is 0 Å². The zero-order valence-electron chi connectivity index (χ0n) is 13.5. The van der Waals surface area contributed by atoms with Crippen LogP contribution < -0.4 is 0 Å². The Bertz CT molecular complexity index is 1170. The first-order chi connectivity index (χ1) is 12.4. The standard InChI is InChI=1S/C23H15NO/c1-2-6-16(7-3-1)17-10-12-19(13-11-17)23-24-22-20-9-5-4-8-18(20)14-15-21(22)25-23/h1-15H. The van der Waals surface area contributed by atoms with E-state index in [1.165, 1.54) is 16.5 Å². The highest BCUT2D eigenvalue weighted by atomic mass is 16.3. The summed E-state index contributed by atoms with van der Waals surface area (Å²) < 4.78 is 6.00. The summed E-state index contributed by atoms with van der Waals surface area (Å²) in [5.41, 5.74) is 5.12. The van der Waals surface area contributed by atoms with Gasteiger partial charge in [0.25, 0.3) is 0 Å². The van der Waals surface area contributed by atoms with Crippen molar-refractivity contribution in [3.63, 3.8) is 0 Å². The number of aromatic nitrogens is 1. The molecule has 0 bridgehead atoms. The first-order valence-electron chi connectivity index (χ1n) is 8.33. The highest BCUT2D eigenvalue weighted by molar-refractivity contribution is 6.03. The SMILES string of the molecule is c1ccc(-c2ccc(-c3nc4c(ccc5ccccc54)o3)cc2)cc1. The van der Waals surface area contributed by atoms with Crippen molar-refractivity contribution in [2.24, 2.45) is 0 Å². The van der Waals surface area contributed by atoms with E-state index in [-0.39, 0.29) is 0 Å². The van der Waals surface area contributed by atoms with E-state index in [0.717, 1.165) is 22.0 Å². The third kappa shape index (κ3) is 2.39. The van der Waals surface area contributed by atoms with Crippen molar-refractivity contribution in [1.82, 2.24) is 4.98 Å². The number of oxazole rings is 1. The Morgan fingerprint density at radius 2 is 1.24 bits per heavy atom. The third-order valence-corrected chi connectivity index (χ3v) is 4.52. The molecule has 1 aromatic heterocycles. The number of rotatable bonds is 2. The lowest BCUT2D eigenvalue weighted by atomic mass is 10.0. The molecular formula is C23H15NO. The van der Waals surface area contributed by atoms with Crippen molar-refractivity contribution in [1.29, 1.82) is 0 Å². The minimum atomic E-state index is 0.658. The normalized spacial score (nSPS) is 11.2. The first kappa shape index (κ1) is 14.0. The van der Waals surface area contributed by atoms with Gasteiger partial charge in [-0.2, -0.15) is 0 Å². The van der Waals surface area contributed by atoms with E-state index < -0.39 is 0 Å². The van der Waals surface area contributed by atoms with Gasteiger partial charge in [-0.1, -0.05) is 72.8 Å². The van der Waals surface area contributed by atoms with Crippen LogP contribution in [0.2, 0.25) is 0 Å². The second-order valence-corrected chi connectivity index (χ2v) is 6.10. The van der Waals surface area contributed by atoms with Gasteiger partial charge in [0.15, 0.2) is 5.58 Å². The topological polar surface area (TPSA) is 26.0 Å². The predicted octanol–water partition coefficient (Wildman–Crippen LogP) is 6.32. The van der Waals surface area contributed by atoms with Gasteiger partial charge in [-0.15, -0.1) is 0 Å². The van der Waals surface area contributed by atoms with Crippen LogP contribution in [0.4, 0.5) is 0 Å². The molecule has 25 heavy (non-hydrogen) atoms. The zero-order valence-corrected chi connectivity index (χ0v) is 13.5. The van der Waals surface area contributed by atoms with E-state index in [9.17, 15) is 0 Å². The summed E-state index contributed by atoms with van der Waals surface area (Å²) in [6.07, 6.45) is 0. The summed E-state index contributed by atoms with van der Waals surface area (Å²) in [5, 5.41) is 2.30. The molecule has 0 fully saturated rings. The number of hydrogen-bond donors (Lipinski definition) is 0. The van der Waals surface area contributed by atoms with Gasteiger partial charge in [-0.05, 0) is 34.7 Å². The summed E-state index contributed by atoms with van der Waals surface area (Å²) in [4.78, 5) is 4.75. The molecule has 0 aliphatic rings. The van der Waals surface area contributed by atoms with E-state index in [4.69, 9.17) is 9.40 Å². The Balaban J connectivity index is 1.60. The van der Waals surface area contributed by atoms with Gasteiger partial charge in [-0.25, -0.2) is 4.98 Å². The van der Waals surface area contributed by atoms with Crippen LogP contribution in [0.25, 0.3) is 44.5 Å². The first-order valence-corrected chi connectivity index (χ1v) is 8.33. The lowest BCUT2D eigenvalue weighted by molar-refractivity contribution is 0.620. The van der Waals surface area contributed by atoms with Crippen LogP contribution in [0.3, 0.4) is 0 Å². The van der Waals surface area contributed by atoms with E-state index in [1.54, 1.807) is 0 Å². The van der Waals surface area contributed by atoms with Crippen LogP contribution in [-0.4, -0.2) is 4.98 Å². The molecule has 0 atom stereocenters. The highest BCUT2D eigenvalue weighted by Gasteiger charge is 2.11. The van der Waals surface area contributed by atoms with Crippen LogP contribution in [0.1, 0.15) is 0 Å². The van der Waals surface area contributed by atoms with E-state index in [1.807, 2.05) is 24.3 Å². The molecule has 5 rings (SSSR count). The van der Waals surface area contributed by atoms with Gasteiger partial charge in [0, 0.05) is 10.9 Å². The van der Waals surface area contributed by atoms with Gasteiger partial charge < -0.3 is 4.42 Å². The third-order valence-electron chi connectivity index (χ3n) is 4.52. The predicted molar refractivity (Wildman–Crippen MR) is 102 cm³/mol. The molecule has 0 saturated heterocycles. The van der Waals surface area contributed by atoms with Crippen molar-refractivity contribution in [3.05, 3.63) is 91.0 Å². The fourth-order valence-electron chi connectivity index (χ4n) is 3.22. The molecule has 0 unspecified atom stereocenters. The highest BCUT2D eigenvalue weighted by Crippen LogP contribution is 2.30. The molecule has 4 aromatic carbocycles. The summed E-state index contributed by atoms with van der Waals surface area (Å²) >= 11 is 0. The smallest absolute Gasteiger partial charge is 0.227 e. The Morgan fingerprint density at radius 1 is 0.560 bits per heavy atom. The Hall–Kier alpha value is -3.39. The number of nitrogens with zero attached hydrogens (tertiary/aromatic N) is 1. The van der Waals surface area contributed by atoms with Crippen molar-refractivity contribution in [2.75, 3.05) is 0 Å². The summed E-state index contributed by atoms with van der Waals surface area (Å²) in [6, 6.07) is 31.0. The molecule has 0 amide bonds. The molecule has 0 aliphatic carbocycles. The van der Waals surface area contributed by atoms with Crippen molar-refractivity contribution >= 4 is 21.9 Å². The Morgan fingerprint density at radius 3 is 2.08 bits per heavy atom. The van der Waals surface area contributed by atoms with Crippen LogP contribution in [-0.2, 0) is 0 Å². The van der Waals surface area contributed by atoms with E-state index >= 15 is 0 Å². The largest absolute Gasteiger partial charge is 0.436 e. The number of benzene rings is 4. The minimum Gasteiger partial charge on any atom is -0.436 e. The van der Waals surface area contributed by atoms with Crippen LogP contribution in [0.15, 0.2) is 95.4 Å². The molecule has 0 radical (unpaired) electrons. The van der Waals surface area contributed by atoms with Gasteiger partial charge >= 0.3 is 0 Å². The molecule has 0 saturated carbocycles. The van der Waals surface area contributed by atoms with Crippen LogP contribution in [0.5, 0.6) is 0 Å².